The fourth-order valence-corrected chi connectivity index (χ4v) is 6.94. The van der Waals surface area contributed by atoms with Crippen molar-refractivity contribution in [3.05, 3.63) is 34.9 Å². The molecule has 0 radical (unpaired) electrons. The molecule has 2 heterocycles. The van der Waals surface area contributed by atoms with Gasteiger partial charge in [0.15, 0.2) is 11.5 Å². The second-order valence-corrected chi connectivity index (χ2v) is 9.75. The first kappa shape index (κ1) is 19.4. The lowest BCUT2D eigenvalue weighted by molar-refractivity contribution is -0.0454. The highest BCUT2D eigenvalue weighted by Crippen LogP contribution is 2.63. The van der Waals surface area contributed by atoms with Gasteiger partial charge >= 0.3 is 0 Å². The summed E-state index contributed by atoms with van der Waals surface area (Å²) in [6.07, 6.45) is 11.3. The molecule has 1 aromatic rings. The summed E-state index contributed by atoms with van der Waals surface area (Å²) in [5.41, 5.74) is 3.80. The Labute approximate surface area is 174 Å². The SMILES string of the molecule is CCCCCC(CC)c1cc(O)c2c3c1C[C@@H]1[C@@H]4C=C[C@H](O)[C@H](O2)[C@]34CCN1C. The lowest BCUT2D eigenvalue weighted by atomic mass is 9.52. The third-order valence-electron chi connectivity index (χ3n) is 8.40. The third-order valence-corrected chi connectivity index (χ3v) is 8.40. The van der Waals surface area contributed by atoms with Gasteiger partial charge < -0.3 is 19.8 Å². The van der Waals surface area contributed by atoms with Crippen LogP contribution in [0.3, 0.4) is 0 Å². The molecule has 2 bridgehead atoms. The summed E-state index contributed by atoms with van der Waals surface area (Å²) in [6, 6.07) is 2.44. The van der Waals surface area contributed by atoms with Crippen molar-refractivity contribution in [1.29, 1.82) is 0 Å². The summed E-state index contributed by atoms with van der Waals surface area (Å²) >= 11 is 0. The van der Waals surface area contributed by atoms with E-state index in [1.807, 2.05) is 12.1 Å². The quantitative estimate of drug-likeness (QED) is 0.556. The van der Waals surface area contributed by atoms with Crippen LogP contribution in [0.2, 0.25) is 0 Å². The number of unbranched alkanes of at least 4 members (excludes halogenated alkanes) is 2. The van der Waals surface area contributed by atoms with E-state index < -0.39 is 6.10 Å². The van der Waals surface area contributed by atoms with Gasteiger partial charge in [0.2, 0.25) is 0 Å². The summed E-state index contributed by atoms with van der Waals surface area (Å²) < 4.78 is 6.35. The number of nitrogens with zero attached hydrogens (tertiary/aromatic N) is 1. The molecule has 4 heteroatoms. The number of ether oxygens (including phenoxy) is 1. The molecule has 4 aliphatic rings. The van der Waals surface area contributed by atoms with Gasteiger partial charge in [-0.05, 0) is 62.4 Å². The molecule has 1 saturated heterocycles. The van der Waals surface area contributed by atoms with Gasteiger partial charge in [-0.15, -0.1) is 0 Å². The van der Waals surface area contributed by atoms with Gasteiger partial charge in [-0.25, -0.2) is 0 Å². The fraction of sp³-hybridized carbons (Fsp3) is 0.680. The van der Waals surface area contributed by atoms with E-state index in [9.17, 15) is 10.2 Å². The molecule has 2 aliphatic heterocycles. The number of aromatic hydroxyl groups is 1. The molecule has 6 atom stereocenters. The number of piperidine rings is 1. The highest BCUT2D eigenvalue weighted by atomic mass is 16.5. The minimum atomic E-state index is -0.608. The molecule has 158 valence electrons. The Kier molecular flexibility index (Phi) is 4.71. The van der Waals surface area contributed by atoms with Crippen LogP contribution >= 0.6 is 0 Å². The Balaban J connectivity index is 1.68. The van der Waals surface area contributed by atoms with Crippen molar-refractivity contribution in [3.8, 4) is 11.5 Å². The van der Waals surface area contributed by atoms with Crippen LogP contribution in [0.5, 0.6) is 11.5 Å². The molecule has 0 aromatic heterocycles. The number of likely N-dealkylation sites (N-methyl/N-ethyl adjacent to an activating group) is 1. The Bertz CT molecular complexity index is 834. The van der Waals surface area contributed by atoms with Gasteiger partial charge in [0.05, 0.1) is 0 Å². The molecule has 1 unspecified atom stereocenters. The van der Waals surface area contributed by atoms with E-state index in [0.29, 0.717) is 23.6 Å². The predicted octanol–water partition coefficient (Wildman–Crippen LogP) is 4.27. The van der Waals surface area contributed by atoms with Crippen LogP contribution < -0.4 is 4.74 Å². The molecule has 2 aliphatic carbocycles. The minimum Gasteiger partial charge on any atom is -0.504 e. The largest absolute Gasteiger partial charge is 0.504 e. The van der Waals surface area contributed by atoms with Crippen molar-refractivity contribution < 1.29 is 14.9 Å². The molecule has 5 rings (SSSR count). The zero-order chi connectivity index (χ0) is 20.3. The minimum absolute atomic E-state index is 0.191. The Morgan fingerprint density at radius 1 is 1.28 bits per heavy atom. The average Bonchev–Trinajstić information content (AvgIpc) is 3.07. The van der Waals surface area contributed by atoms with Crippen LogP contribution in [0.15, 0.2) is 18.2 Å². The second-order valence-electron chi connectivity index (χ2n) is 9.75. The smallest absolute Gasteiger partial charge is 0.165 e. The summed E-state index contributed by atoms with van der Waals surface area (Å²) in [5, 5.41) is 21.8. The number of rotatable bonds is 6. The number of aliphatic hydroxyl groups excluding tert-OH is 1. The molecule has 4 nitrogen and oxygen atoms in total. The molecule has 0 amide bonds. The van der Waals surface area contributed by atoms with Gasteiger partial charge in [0.25, 0.3) is 0 Å². The topological polar surface area (TPSA) is 52.9 Å². The van der Waals surface area contributed by atoms with E-state index in [1.165, 1.54) is 42.4 Å². The number of phenols is 1. The van der Waals surface area contributed by atoms with Crippen molar-refractivity contribution in [1.82, 2.24) is 4.90 Å². The van der Waals surface area contributed by atoms with Crippen molar-refractivity contribution >= 4 is 0 Å². The number of aliphatic hydroxyl groups is 1. The molecule has 1 spiro atoms. The third kappa shape index (κ3) is 2.58. The van der Waals surface area contributed by atoms with Gasteiger partial charge in [0, 0.05) is 22.9 Å². The van der Waals surface area contributed by atoms with E-state index in [1.54, 1.807) is 0 Å². The number of likely N-dealkylation sites (tertiary alicyclic amines) is 1. The molecule has 1 fully saturated rings. The number of benzene rings is 1. The monoisotopic (exact) mass is 397 g/mol. The van der Waals surface area contributed by atoms with E-state index >= 15 is 0 Å². The zero-order valence-corrected chi connectivity index (χ0v) is 18.0. The summed E-state index contributed by atoms with van der Waals surface area (Å²) in [4.78, 5) is 2.50. The lowest BCUT2D eigenvalue weighted by Crippen LogP contribution is -2.64. The van der Waals surface area contributed by atoms with Crippen molar-refractivity contribution in [2.75, 3.05) is 13.6 Å². The van der Waals surface area contributed by atoms with Crippen LogP contribution in [0, 0.1) is 5.92 Å². The van der Waals surface area contributed by atoms with E-state index in [-0.39, 0.29) is 17.3 Å². The Morgan fingerprint density at radius 3 is 2.86 bits per heavy atom. The first-order valence-corrected chi connectivity index (χ1v) is 11.6. The number of hydrogen-bond donors (Lipinski definition) is 2. The van der Waals surface area contributed by atoms with Gasteiger partial charge in [-0.3, -0.25) is 0 Å². The maximum absolute atomic E-state index is 11.0. The highest BCUT2D eigenvalue weighted by Gasteiger charge is 2.64. The van der Waals surface area contributed by atoms with E-state index in [2.05, 4.69) is 31.9 Å². The van der Waals surface area contributed by atoms with E-state index in [4.69, 9.17) is 4.74 Å². The molecular weight excluding hydrogens is 362 g/mol. The molecule has 0 saturated carbocycles. The highest BCUT2D eigenvalue weighted by molar-refractivity contribution is 5.64. The average molecular weight is 398 g/mol. The predicted molar refractivity (Wildman–Crippen MR) is 115 cm³/mol. The number of phenolic OH excluding ortho intramolecular Hbond substituents is 1. The van der Waals surface area contributed by atoms with Gasteiger partial charge in [-0.1, -0.05) is 45.3 Å². The van der Waals surface area contributed by atoms with Crippen molar-refractivity contribution in [2.45, 2.75) is 88.4 Å². The number of hydrogen-bond acceptors (Lipinski definition) is 4. The normalized spacial score (nSPS) is 35.3. The molecule has 1 aromatic carbocycles. The summed E-state index contributed by atoms with van der Waals surface area (Å²) in [6.45, 7) is 5.54. The van der Waals surface area contributed by atoms with Crippen molar-refractivity contribution in [3.63, 3.8) is 0 Å². The Morgan fingerprint density at radius 2 is 2.10 bits per heavy atom. The molecule has 29 heavy (non-hydrogen) atoms. The van der Waals surface area contributed by atoms with Crippen molar-refractivity contribution in [2.24, 2.45) is 5.92 Å². The maximum Gasteiger partial charge on any atom is 0.165 e. The van der Waals surface area contributed by atoms with Crippen LogP contribution in [0.4, 0.5) is 0 Å². The fourth-order valence-electron chi connectivity index (χ4n) is 6.94. The standard InChI is InChI=1S/C25H35NO3/c1-4-6-7-8-15(5-2)16-14-21(28)23-22-17(16)13-19-18-9-10-20(27)24(29-23)25(18,22)11-12-26(19)3/h9-10,14-15,18-20,24,27-28H,4-8,11-13H2,1-3H3/t15?,18-,19+,20-,24-,25-/m0/s1. The Hall–Kier alpha value is -1.52. The van der Waals surface area contributed by atoms with Gasteiger partial charge in [-0.2, -0.15) is 0 Å². The zero-order valence-electron chi connectivity index (χ0n) is 18.0. The summed E-state index contributed by atoms with van der Waals surface area (Å²) in [7, 11) is 2.24. The van der Waals surface area contributed by atoms with E-state index in [0.717, 1.165) is 25.8 Å². The second kappa shape index (κ2) is 7.02. The first-order valence-electron chi connectivity index (χ1n) is 11.6. The van der Waals surface area contributed by atoms with Crippen LogP contribution in [0.25, 0.3) is 0 Å². The lowest BCUT2D eigenvalue weighted by Gasteiger charge is -2.56. The first-order chi connectivity index (χ1) is 14.0. The summed E-state index contributed by atoms with van der Waals surface area (Å²) in [5.74, 6) is 1.76. The molecular formula is C25H35NO3. The van der Waals surface area contributed by atoms with Crippen LogP contribution in [-0.4, -0.2) is 47.0 Å². The van der Waals surface area contributed by atoms with Crippen LogP contribution in [0.1, 0.15) is 75.0 Å². The van der Waals surface area contributed by atoms with Crippen LogP contribution in [-0.2, 0) is 11.8 Å². The van der Waals surface area contributed by atoms with Gasteiger partial charge in [0.1, 0.15) is 12.2 Å². The molecule has 2 N–H and O–H groups in total. The maximum atomic E-state index is 11.0.